The Hall–Kier alpha value is -3.29. The molecule has 124 valence electrons. The van der Waals surface area contributed by atoms with Crippen LogP contribution < -0.4 is 16.4 Å². The van der Waals surface area contributed by atoms with E-state index < -0.39 is 11.7 Å². The molecule has 2 N–H and O–H groups in total. The monoisotopic (exact) mass is 329 g/mol. The van der Waals surface area contributed by atoms with Crippen molar-refractivity contribution in [1.29, 1.82) is 0 Å². The Morgan fingerprint density at radius 2 is 1.88 bits per heavy atom. The predicted molar refractivity (Wildman–Crippen MR) is 84.0 cm³/mol. The van der Waals surface area contributed by atoms with E-state index in [2.05, 4.69) is 10.6 Å². The lowest BCUT2D eigenvalue weighted by Crippen LogP contribution is -2.38. The van der Waals surface area contributed by atoms with Crippen molar-refractivity contribution >= 4 is 22.9 Å². The van der Waals surface area contributed by atoms with Gasteiger partial charge in [0, 0.05) is 0 Å². The molecule has 0 saturated carbocycles. The van der Waals surface area contributed by atoms with Crippen LogP contribution in [0.2, 0.25) is 0 Å². The van der Waals surface area contributed by atoms with Crippen LogP contribution in [-0.4, -0.2) is 22.9 Å². The first-order valence-corrected chi connectivity index (χ1v) is 7.27. The highest BCUT2D eigenvalue weighted by atomic mass is 16.4. The first kappa shape index (κ1) is 15.6. The van der Waals surface area contributed by atoms with Crippen molar-refractivity contribution < 1.29 is 18.4 Å². The number of carbonyl (C=O) groups is 2. The molecule has 1 aromatic carbocycles. The van der Waals surface area contributed by atoms with Gasteiger partial charge >= 0.3 is 5.76 Å². The number of benzene rings is 1. The van der Waals surface area contributed by atoms with Crippen LogP contribution in [0.25, 0.3) is 11.1 Å². The maximum absolute atomic E-state index is 11.9. The number of para-hydroxylation sites is 2. The van der Waals surface area contributed by atoms with Crippen molar-refractivity contribution in [3.05, 3.63) is 59.0 Å². The summed E-state index contributed by atoms with van der Waals surface area (Å²) in [5, 5.41) is 5.07. The molecule has 0 spiro atoms. The second kappa shape index (κ2) is 6.86. The molecular weight excluding hydrogens is 314 g/mol. The molecule has 0 radical (unpaired) electrons. The molecule has 0 aliphatic rings. The van der Waals surface area contributed by atoms with Gasteiger partial charge in [0.25, 0.3) is 0 Å². The molecule has 2 aromatic heterocycles. The lowest BCUT2D eigenvalue weighted by Gasteiger charge is -2.06. The predicted octanol–water partition coefficient (Wildman–Crippen LogP) is 0.620. The van der Waals surface area contributed by atoms with Crippen LogP contribution >= 0.6 is 0 Å². The molecular formula is C16H15N3O5. The van der Waals surface area contributed by atoms with Crippen LogP contribution in [-0.2, 0) is 22.7 Å². The maximum atomic E-state index is 11.9. The number of carbonyl (C=O) groups excluding carboxylic acids is 2. The van der Waals surface area contributed by atoms with Gasteiger partial charge in [-0.15, -0.1) is 0 Å². The summed E-state index contributed by atoms with van der Waals surface area (Å²) >= 11 is 0. The Labute approximate surface area is 136 Å². The number of fused-ring (bicyclic) bond motifs is 1. The number of oxazole rings is 1. The average molecular weight is 329 g/mol. The second-order valence-corrected chi connectivity index (χ2v) is 5.05. The summed E-state index contributed by atoms with van der Waals surface area (Å²) in [6, 6.07) is 10.3. The van der Waals surface area contributed by atoms with E-state index in [0.29, 0.717) is 16.9 Å². The van der Waals surface area contributed by atoms with Gasteiger partial charge in [-0.2, -0.15) is 0 Å². The fourth-order valence-corrected chi connectivity index (χ4v) is 2.20. The zero-order valence-electron chi connectivity index (χ0n) is 12.7. The van der Waals surface area contributed by atoms with Gasteiger partial charge in [-0.25, -0.2) is 4.79 Å². The summed E-state index contributed by atoms with van der Waals surface area (Å²) in [4.78, 5) is 35.4. The zero-order valence-corrected chi connectivity index (χ0v) is 12.7. The largest absolute Gasteiger partial charge is 0.467 e. The van der Waals surface area contributed by atoms with E-state index >= 15 is 0 Å². The van der Waals surface area contributed by atoms with Gasteiger partial charge in [-0.05, 0) is 24.3 Å². The number of hydrogen-bond acceptors (Lipinski definition) is 5. The van der Waals surface area contributed by atoms with Gasteiger partial charge < -0.3 is 19.5 Å². The van der Waals surface area contributed by atoms with Crippen LogP contribution in [0.15, 0.2) is 56.3 Å². The number of hydrogen-bond donors (Lipinski definition) is 2. The molecule has 0 aliphatic heterocycles. The van der Waals surface area contributed by atoms with Crippen molar-refractivity contribution in [2.24, 2.45) is 0 Å². The van der Waals surface area contributed by atoms with Crippen molar-refractivity contribution in [3.8, 4) is 0 Å². The smallest absolute Gasteiger partial charge is 0.420 e. The summed E-state index contributed by atoms with van der Waals surface area (Å²) < 4.78 is 11.3. The van der Waals surface area contributed by atoms with E-state index in [1.54, 1.807) is 36.4 Å². The SMILES string of the molecule is O=C(CNC(=O)Cn1c(=O)oc2ccccc21)NCc1ccco1. The Morgan fingerprint density at radius 3 is 2.67 bits per heavy atom. The topological polar surface area (TPSA) is 106 Å². The molecule has 24 heavy (non-hydrogen) atoms. The van der Waals surface area contributed by atoms with E-state index in [1.807, 2.05) is 0 Å². The number of amides is 2. The first-order chi connectivity index (χ1) is 11.6. The van der Waals surface area contributed by atoms with Crippen LogP contribution in [0.1, 0.15) is 5.76 Å². The first-order valence-electron chi connectivity index (χ1n) is 7.27. The van der Waals surface area contributed by atoms with Crippen molar-refractivity contribution in [1.82, 2.24) is 15.2 Å². The third kappa shape index (κ3) is 3.54. The summed E-state index contributed by atoms with van der Waals surface area (Å²) in [5.41, 5.74) is 0.936. The molecule has 0 aliphatic carbocycles. The third-order valence-electron chi connectivity index (χ3n) is 3.36. The van der Waals surface area contributed by atoms with E-state index in [0.717, 1.165) is 0 Å². The third-order valence-corrected chi connectivity index (χ3v) is 3.36. The maximum Gasteiger partial charge on any atom is 0.420 e. The van der Waals surface area contributed by atoms with Gasteiger partial charge in [0.1, 0.15) is 12.3 Å². The Bertz CT molecular complexity index is 907. The molecule has 3 aromatic rings. The van der Waals surface area contributed by atoms with Crippen molar-refractivity contribution in [3.63, 3.8) is 0 Å². The van der Waals surface area contributed by atoms with Crippen LogP contribution in [0.5, 0.6) is 0 Å². The van der Waals surface area contributed by atoms with E-state index in [1.165, 1.54) is 10.8 Å². The number of rotatable bonds is 6. The minimum atomic E-state index is -0.617. The minimum absolute atomic E-state index is 0.190. The molecule has 0 saturated heterocycles. The second-order valence-electron chi connectivity index (χ2n) is 5.05. The fourth-order valence-electron chi connectivity index (χ4n) is 2.20. The van der Waals surface area contributed by atoms with Gasteiger partial charge in [0.2, 0.25) is 11.8 Å². The summed E-state index contributed by atoms with van der Waals surface area (Å²) in [6.07, 6.45) is 1.51. The highest BCUT2D eigenvalue weighted by Gasteiger charge is 2.13. The molecule has 2 amide bonds. The van der Waals surface area contributed by atoms with Gasteiger partial charge in [-0.3, -0.25) is 14.2 Å². The molecule has 3 rings (SSSR count). The lowest BCUT2D eigenvalue weighted by molar-refractivity contribution is -0.126. The molecule has 0 bridgehead atoms. The highest BCUT2D eigenvalue weighted by molar-refractivity contribution is 5.85. The van der Waals surface area contributed by atoms with Gasteiger partial charge in [0.05, 0.1) is 24.9 Å². The number of nitrogens with zero attached hydrogens (tertiary/aromatic N) is 1. The standard InChI is InChI=1S/C16H15N3O5/c20-14(17-8-11-4-3-7-23-11)9-18-15(21)10-19-12-5-1-2-6-13(12)24-16(19)22/h1-7H,8-10H2,(H,17,20)(H,18,21). The Morgan fingerprint density at radius 1 is 1.04 bits per heavy atom. The highest BCUT2D eigenvalue weighted by Crippen LogP contribution is 2.11. The molecule has 0 fully saturated rings. The summed E-state index contributed by atoms with van der Waals surface area (Å²) in [5.74, 6) is -0.819. The molecule has 0 atom stereocenters. The fraction of sp³-hybridized carbons (Fsp3) is 0.188. The van der Waals surface area contributed by atoms with E-state index in [9.17, 15) is 14.4 Å². The zero-order chi connectivity index (χ0) is 16.9. The van der Waals surface area contributed by atoms with Crippen LogP contribution in [0, 0.1) is 0 Å². The van der Waals surface area contributed by atoms with Crippen LogP contribution in [0.3, 0.4) is 0 Å². The average Bonchev–Trinajstić information content (AvgIpc) is 3.20. The van der Waals surface area contributed by atoms with Gasteiger partial charge in [-0.1, -0.05) is 12.1 Å². The van der Waals surface area contributed by atoms with E-state index in [4.69, 9.17) is 8.83 Å². The molecule has 2 heterocycles. The van der Waals surface area contributed by atoms with Crippen LogP contribution in [0.4, 0.5) is 0 Å². The number of furan rings is 1. The quantitative estimate of drug-likeness (QED) is 0.689. The molecule has 8 nitrogen and oxygen atoms in total. The number of nitrogens with one attached hydrogen (secondary N) is 2. The van der Waals surface area contributed by atoms with Gasteiger partial charge in [0.15, 0.2) is 5.58 Å². The Balaban J connectivity index is 1.52. The van der Waals surface area contributed by atoms with E-state index in [-0.39, 0.29) is 25.5 Å². The normalized spacial score (nSPS) is 10.7. The summed E-state index contributed by atoms with van der Waals surface area (Å²) in [7, 11) is 0. The summed E-state index contributed by atoms with van der Waals surface area (Å²) in [6.45, 7) is -0.168. The van der Waals surface area contributed by atoms with Crippen molar-refractivity contribution in [2.45, 2.75) is 13.1 Å². The number of aromatic nitrogens is 1. The minimum Gasteiger partial charge on any atom is -0.467 e. The lowest BCUT2D eigenvalue weighted by atomic mass is 10.3. The Kier molecular flexibility index (Phi) is 4.46. The van der Waals surface area contributed by atoms with Crippen molar-refractivity contribution in [2.75, 3.05) is 6.54 Å². The molecule has 8 heteroatoms. The molecule has 0 unspecified atom stereocenters.